The average Bonchev–Trinajstić information content (AvgIpc) is 2.75. The van der Waals surface area contributed by atoms with Crippen molar-refractivity contribution in [1.82, 2.24) is 20.2 Å². The number of carbonyl (C=O) groups excluding carboxylic acids is 1. The van der Waals surface area contributed by atoms with E-state index >= 15 is 0 Å². The number of hydrogen-bond acceptors (Lipinski definition) is 5. The van der Waals surface area contributed by atoms with Crippen LogP contribution in [-0.4, -0.2) is 26.1 Å². The van der Waals surface area contributed by atoms with Gasteiger partial charge >= 0.3 is 0 Å². The summed E-state index contributed by atoms with van der Waals surface area (Å²) in [5.74, 6) is 0.0543. The number of anilines is 1. The summed E-state index contributed by atoms with van der Waals surface area (Å²) in [5, 5.41) is 9.61. The number of amides is 1. The molecule has 0 saturated carbocycles. The molecule has 2 aromatic rings. The first-order valence-corrected chi connectivity index (χ1v) is 5.09. The molecule has 0 unspecified atom stereocenters. The Morgan fingerprint density at radius 1 is 1.53 bits per heavy atom. The monoisotopic (exact) mass is 223 g/mol. The molecule has 2 rings (SSSR count). The summed E-state index contributed by atoms with van der Waals surface area (Å²) in [6.07, 6.45) is 1.33. The normalized spacial score (nSPS) is 10.3. The smallest absolute Gasteiger partial charge is 0.277 e. The molecule has 15 heavy (non-hydrogen) atoms. The van der Waals surface area contributed by atoms with Gasteiger partial charge in [-0.3, -0.25) is 10.1 Å². The fraction of sp³-hybridized carbons (Fsp3) is 0.250. The lowest BCUT2D eigenvalue weighted by Gasteiger charge is -1.98. The van der Waals surface area contributed by atoms with Crippen LogP contribution in [-0.2, 0) is 0 Å². The van der Waals surface area contributed by atoms with E-state index in [-0.39, 0.29) is 5.91 Å². The molecule has 1 amide bonds. The molecule has 0 fully saturated rings. The third-order valence-corrected chi connectivity index (χ3v) is 2.65. The quantitative estimate of drug-likeness (QED) is 0.799. The molecule has 0 aliphatic heterocycles. The molecule has 2 N–H and O–H groups in total. The zero-order valence-corrected chi connectivity index (χ0v) is 9.05. The second-order valence-corrected chi connectivity index (χ2v) is 4.33. The Morgan fingerprint density at radius 3 is 2.87 bits per heavy atom. The van der Waals surface area contributed by atoms with Gasteiger partial charge in [0.25, 0.3) is 5.91 Å². The summed E-state index contributed by atoms with van der Waals surface area (Å²) in [6.45, 7) is 3.73. The maximum atomic E-state index is 11.7. The van der Waals surface area contributed by atoms with Crippen LogP contribution in [0.4, 0.5) is 5.95 Å². The van der Waals surface area contributed by atoms with E-state index in [1.54, 1.807) is 0 Å². The fourth-order valence-corrected chi connectivity index (χ4v) is 1.99. The summed E-state index contributed by atoms with van der Waals surface area (Å²) >= 11 is 1.49. The predicted molar refractivity (Wildman–Crippen MR) is 55.9 cm³/mol. The first-order valence-electron chi connectivity index (χ1n) is 4.27. The van der Waals surface area contributed by atoms with Crippen LogP contribution in [0.1, 0.15) is 20.4 Å². The second-order valence-electron chi connectivity index (χ2n) is 2.93. The van der Waals surface area contributed by atoms with Gasteiger partial charge in [0.15, 0.2) is 0 Å². The Morgan fingerprint density at radius 2 is 2.33 bits per heavy atom. The first-order chi connectivity index (χ1) is 7.16. The molecule has 0 radical (unpaired) electrons. The molecule has 2 heterocycles. The SMILES string of the molecule is Cc1nc(C(=O)Nc2ncn[nH]2)c(C)s1. The summed E-state index contributed by atoms with van der Waals surface area (Å²) in [7, 11) is 0. The van der Waals surface area contributed by atoms with Crippen LogP contribution in [0.3, 0.4) is 0 Å². The van der Waals surface area contributed by atoms with Crippen LogP contribution in [0.5, 0.6) is 0 Å². The van der Waals surface area contributed by atoms with Crippen LogP contribution in [0.25, 0.3) is 0 Å². The number of thiazole rings is 1. The van der Waals surface area contributed by atoms with E-state index in [1.165, 1.54) is 17.7 Å². The summed E-state index contributed by atoms with van der Waals surface area (Å²) in [4.78, 5) is 20.5. The van der Waals surface area contributed by atoms with Crippen molar-refractivity contribution in [3.8, 4) is 0 Å². The van der Waals surface area contributed by atoms with Crippen LogP contribution in [0.15, 0.2) is 6.33 Å². The zero-order valence-electron chi connectivity index (χ0n) is 8.24. The molecule has 7 heteroatoms. The molecule has 6 nitrogen and oxygen atoms in total. The van der Waals surface area contributed by atoms with Crippen molar-refractivity contribution in [2.24, 2.45) is 0 Å². The minimum atomic E-state index is -0.270. The maximum absolute atomic E-state index is 11.7. The number of hydrogen-bond donors (Lipinski definition) is 2. The van der Waals surface area contributed by atoms with Crippen molar-refractivity contribution in [2.45, 2.75) is 13.8 Å². The lowest BCUT2D eigenvalue weighted by Crippen LogP contribution is -2.14. The molecule has 0 atom stereocenters. The van der Waals surface area contributed by atoms with Crippen molar-refractivity contribution in [3.63, 3.8) is 0 Å². The van der Waals surface area contributed by atoms with E-state index in [9.17, 15) is 4.79 Å². The van der Waals surface area contributed by atoms with Crippen LogP contribution < -0.4 is 5.32 Å². The predicted octanol–water partition coefficient (Wildman–Crippen LogP) is 1.13. The highest BCUT2D eigenvalue weighted by molar-refractivity contribution is 7.11. The van der Waals surface area contributed by atoms with Crippen molar-refractivity contribution in [1.29, 1.82) is 0 Å². The maximum Gasteiger partial charge on any atom is 0.277 e. The third kappa shape index (κ3) is 2.01. The third-order valence-electron chi connectivity index (χ3n) is 1.77. The van der Waals surface area contributed by atoms with Crippen molar-refractivity contribution in [2.75, 3.05) is 5.32 Å². The fourth-order valence-electron chi connectivity index (χ4n) is 1.17. The van der Waals surface area contributed by atoms with Gasteiger partial charge in [0, 0.05) is 4.88 Å². The highest BCUT2D eigenvalue weighted by Crippen LogP contribution is 2.16. The van der Waals surface area contributed by atoms with Crippen molar-refractivity contribution >= 4 is 23.2 Å². The molecule has 0 aliphatic rings. The number of carbonyl (C=O) groups is 1. The topological polar surface area (TPSA) is 83.6 Å². The lowest BCUT2D eigenvalue weighted by atomic mass is 10.3. The van der Waals surface area contributed by atoms with Gasteiger partial charge < -0.3 is 0 Å². The van der Waals surface area contributed by atoms with Crippen molar-refractivity contribution in [3.05, 3.63) is 21.9 Å². The molecule has 0 aliphatic carbocycles. The lowest BCUT2D eigenvalue weighted by molar-refractivity contribution is 0.102. The Kier molecular flexibility index (Phi) is 2.46. The van der Waals surface area contributed by atoms with Crippen LogP contribution >= 0.6 is 11.3 Å². The Bertz CT molecular complexity index is 475. The first kappa shape index (κ1) is 9.78. The molecule has 78 valence electrons. The van der Waals surface area contributed by atoms with Crippen LogP contribution in [0, 0.1) is 13.8 Å². The van der Waals surface area contributed by atoms with Gasteiger partial charge in [-0.25, -0.2) is 10.1 Å². The number of H-pyrrole nitrogens is 1. The molecule has 2 aromatic heterocycles. The molecular weight excluding hydrogens is 214 g/mol. The van der Waals surface area contributed by atoms with E-state index in [0.29, 0.717) is 11.6 Å². The minimum Gasteiger partial charge on any atom is -0.289 e. The van der Waals surface area contributed by atoms with E-state index in [2.05, 4.69) is 25.5 Å². The Hall–Kier alpha value is -1.76. The minimum absolute atomic E-state index is 0.270. The van der Waals surface area contributed by atoms with E-state index in [1.807, 2.05) is 13.8 Å². The Labute approximate surface area is 89.8 Å². The molecule has 0 aromatic carbocycles. The standard InChI is InChI=1S/C8H9N5OS/c1-4-6(11-5(2)15-4)7(14)12-8-9-3-10-13-8/h3H,1-2H3,(H2,9,10,12,13,14). The van der Waals surface area contributed by atoms with E-state index in [0.717, 1.165) is 9.88 Å². The van der Waals surface area contributed by atoms with Gasteiger partial charge in [-0.15, -0.1) is 11.3 Å². The van der Waals surface area contributed by atoms with Gasteiger partial charge in [-0.1, -0.05) is 0 Å². The molecule has 0 saturated heterocycles. The number of aryl methyl sites for hydroxylation is 2. The van der Waals surface area contributed by atoms with Crippen LogP contribution in [0.2, 0.25) is 0 Å². The second kappa shape index (κ2) is 3.77. The van der Waals surface area contributed by atoms with E-state index < -0.39 is 0 Å². The van der Waals surface area contributed by atoms with Gasteiger partial charge in [0.05, 0.1) is 5.01 Å². The van der Waals surface area contributed by atoms with Gasteiger partial charge in [-0.05, 0) is 13.8 Å². The van der Waals surface area contributed by atoms with Gasteiger partial charge in [-0.2, -0.15) is 10.1 Å². The largest absolute Gasteiger partial charge is 0.289 e. The molecule has 0 bridgehead atoms. The Balaban J connectivity index is 2.18. The molecular formula is C8H9N5OS. The highest BCUT2D eigenvalue weighted by atomic mass is 32.1. The number of aromatic nitrogens is 4. The highest BCUT2D eigenvalue weighted by Gasteiger charge is 2.14. The summed E-state index contributed by atoms with van der Waals surface area (Å²) in [5.41, 5.74) is 0.439. The van der Waals surface area contributed by atoms with Crippen molar-refractivity contribution < 1.29 is 4.79 Å². The number of rotatable bonds is 2. The number of nitrogens with zero attached hydrogens (tertiary/aromatic N) is 3. The number of aromatic amines is 1. The summed E-state index contributed by atoms with van der Waals surface area (Å²) < 4.78 is 0. The average molecular weight is 223 g/mol. The number of nitrogens with one attached hydrogen (secondary N) is 2. The van der Waals surface area contributed by atoms with Gasteiger partial charge in [0.1, 0.15) is 12.0 Å². The zero-order chi connectivity index (χ0) is 10.8. The summed E-state index contributed by atoms with van der Waals surface area (Å²) in [6, 6.07) is 0. The van der Waals surface area contributed by atoms with Gasteiger partial charge in [0.2, 0.25) is 5.95 Å². The molecule has 0 spiro atoms. The van der Waals surface area contributed by atoms with E-state index in [4.69, 9.17) is 0 Å².